The van der Waals surface area contributed by atoms with Crippen molar-refractivity contribution >= 4 is 39.1 Å². The molecule has 150 valence electrons. The minimum absolute atomic E-state index is 0.133. The number of nitrogens with zero attached hydrogens (tertiary/aromatic N) is 5. The fourth-order valence-corrected chi connectivity index (χ4v) is 5.17. The molecule has 6 nitrogen and oxygen atoms in total. The number of fused-ring (bicyclic) bond motifs is 1. The highest BCUT2D eigenvalue weighted by Gasteiger charge is 2.25. The molecule has 2 saturated heterocycles. The fourth-order valence-electron chi connectivity index (χ4n) is 4.14. The van der Waals surface area contributed by atoms with Gasteiger partial charge in [-0.05, 0) is 37.3 Å². The Kier molecular flexibility index (Phi) is 4.83. The predicted octanol–water partition coefficient (Wildman–Crippen LogP) is 3.56. The van der Waals surface area contributed by atoms with Crippen LogP contribution >= 0.6 is 11.3 Å². The summed E-state index contributed by atoms with van der Waals surface area (Å²) >= 11 is 1.58. The minimum Gasteiger partial charge on any atom is -0.356 e. The molecule has 2 aliphatic heterocycles. The van der Waals surface area contributed by atoms with E-state index in [1.54, 1.807) is 11.3 Å². The number of anilines is 2. The number of amides is 1. The lowest BCUT2D eigenvalue weighted by molar-refractivity contribution is 0.0751. The first-order valence-electron chi connectivity index (χ1n) is 10.3. The van der Waals surface area contributed by atoms with E-state index in [2.05, 4.69) is 33.0 Å². The van der Waals surface area contributed by atoms with E-state index in [0.29, 0.717) is 13.1 Å². The van der Waals surface area contributed by atoms with Crippen LogP contribution in [0.4, 0.5) is 11.8 Å². The molecule has 5 rings (SSSR count). The second kappa shape index (κ2) is 7.63. The molecule has 2 aromatic heterocycles. The van der Waals surface area contributed by atoms with Crippen LogP contribution in [0.3, 0.4) is 0 Å². The molecule has 0 bridgehead atoms. The van der Waals surface area contributed by atoms with Crippen LogP contribution in [-0.4, -0.2) is 60.0 Å². The largest absolute Gasteiger partial charge is 0.356 e. The molecule has 1 aromatic carbocycles. The van der Waals surface area contributed by atoms with Gasteiger partial charge in [0.2, 0.25) is 5.95 Å². The standard InChI is InChI=1S/C22H25N5OS/c1-16-14-20(25-8-4-5-9-25)24-22(23-16)27-12-10-26(11-13-27)21(28)19-15-17-6-2-3-7-18(17)29-19/h2-3,6-7,14-15H,4-5,8-13H2,1H3. The summed E-state index contributed by atoms with van der Waals surface area (Å²) in [5.41, 5.74) is 1.00. The molecule has 2 aliphatic rings. The summed E-state index contributed by atoms with van der Waals surface area (Å²) < 4.78 is 1.16. The fraction of sp³-hybridized carbons (Fsp3) is 0.409. The van der Waals surface area contributed by atoms with E-state index >= 15 is 0 Å². The number of aromatic nitrogens is 2. The lowest BCUT2D eigenvalue weighted by Gasteiger charge is -2.35. The van der Waals surface area contributed by atoms with Gasteiger partial charge in [-0.1, -0.05) is 18.2 Å². The van der Waals surface area contributed by atoms with Crippen LogP contribution in [0.1, 0.15) is 28.2 Å². The summed E-state index contributed by atoms with van der Waals surface area (Å²) in [6.45, 7) is 7.11. The van der Waals surface area contributed by atoms with Gasteiger partial charge in [0.25, 0.3) is 5.91 Å². The number of carbonyl (C=O) groups is 1. The van der Waals surface area contributed by atoms with Gasteiger partial charge < -0.3 is 14.7 Å². The Balaban J connectivity index is 1.28. The molecule has 0 atom stereocenters. The monoisotopic (exact) mass is 407 g/mol. The van der Waals surface area contributed by atoms with Crippen molar-refractivity contribution in [1.82, 2.24) is 14.9 Å². The first-order chi connectivity index (χ1) is 14.2. The summed E-state index contributed by atoms with van der Waals surface area (Å²) in [6, 6.07) is 12.3. The maximum atomic E-state index is 13.0. The highest BCUT2D eigenvalue weighted by atomic mass is 32.1. The predicted molar refractivity (Wildman–Crippen MR) is 118 cm³/mol. The Morgan fingerprint density at radius 1 is 0.931 bits per heavy atom. The first-order valence-corrected chi connectivity index (χ1v) is 11.1. The van der Waals surface area contributed by atoms with Crippen LogP contribution in [0, 0.1) is 6.92 Å². The quantitative estimate of drug-likeness (QED) is 0.664. The van der Waals surface area contributed by atoms with Crippen LogP contribution < -0.4 is 9.80 Å². The molecule has 0 radical (unpaired) electrons. The van der Waals surface area contributed by atoms with Crippen LogP contribution in [0.5, 0.6) is 0 Å². The number of rotatable bonds is 3. The molecule has 7 heteroatoms. The second-order valence-electron chi connectivity index (χ2n) is 7.79. The number of piperazine rings is 1. The molecule has 29 heavy (non-hydrogen) atoms. The van der Waals surface area contributed by atoms with Gasteiger partial charge in [0.05, 0.1) is 4.88 Å². The first kappa shape index (κ1) is 18.4. The Morgan fingerprint density at radius 3 is 2.45 bits per heavy atom. The molecule has 0 spiro atoms. The Labute approximate surface area is 174 Å². The zero-order valence-electron chi connectivity index (χ0n) is 16.7. The lowest BCUT2D eigenvalue weighted by atomic mass is 10.2. The van der Waals surface area contributed by atoms with Gasteiger partial charge >= 0.3 is 0 Å². The third-order valence-corrected chi connectivity index (χ3v) is 6.85. The zero-order valence-corrected chi connectivity index (χ0v) is 17.5. The number of aryl methyl sites for hydroxylation is 1. The summed E-state index contributed by atoms with van der Waals surface area (Å²) in [6.07, 6.45) is 2.47. The van der Waals surface area contributed by atoms with Crippen LogP contribution in [-0.2, 0) is 0 Å². The summed E-state index contributed by atoms with van der Waals surface area (Å²) in [7, 11) is 0. The normalized spacial score (nSPS) is 17.3. The van der Waals surface area contributed by atoms with Gasteiger partial charge in [0, 0.05) is 55.7 Å². The molecule has 0 unspecified atom stereocenters. The van der Waals surface area contributed by atoms with Crippen molar-refractivity contribution < 1.29 is 4.79 Å². The lowest BCUT2D eigenvalue weighted by Crippen LogP contribution is -2.49. The number of hydrogen-bond donors (Lipinski definition) is 0. The van der Waals surface area contributed by atoms with E-state index in [4.69, 9.17) is 4.98 Å². The maximum absolute atomic E-state index is 13.0. The Bertz CT molecular complexity index is 1000. The van der Waals surface area contributed by atoms with E-state index in [1.165, 1.54) is 12.8 Å². The Morgan fingerprint density at radius 2 is 1.69 bits per heavy atom. The van der Waals surface area contributed by atoms with Crippen molar-refractivity contribution in [3.63, 3.8) is 0 Å². The third-order valence-electron chi connectivity index (χ3n) is 5.74. The van der Waals surface area contributed by atoms with E-state index in [9.17, 15) is 4.79 Å². The third kappa shape index (κ3) is 3.67. The van der Waals surface area contributed by atoms with E-state index in [1.807, 2.05) is 30.0 Å². The maximum Gasteiger partial charge on any atom is 0.264 e. The van der Waals surface area contributed by atoms with Crippen molar-refractivity contribution in [2.45, 2.75) is 19.8 Å². The number of carbonyl (C=O) groups excluding carboxylic acids is 1. The topological polar surface area (TPSA) is 52.6 Å². The summed E-state index contributed by atoms with van der Waals surface area (Å²) in [5.74, 6) is 1.96. The number of thiophene rings is 1. The second-order valence-corrected chi connectivity index (χ2v) is 8.87. The van der Waals surface area contributed by atoms with Gasteiger partial charge in [0.15, 0.2) is 0 Å². The van der Waals surface area contributed by atoms with Crippen LogP contribution in [0.15, 0.2) is 36.4 Å². The summed E-state index contributed by atoms with van der Waals surface area (Å²) in [5, 5.41) is 1.14. The van der Waals surface area contributed by atoms with Gasteiger partial charge in [-0.25, -0.2) is 4.98 Å². The molecule has 4 heterocycles. The molecule has 0 saturated carbocycles. The molecule has 0 N–H and O–H groups in total. The summed E-state index contributed by atoms with van der Waals surface area (Å²) in [4.78, 5) is 29.8. The van der Waals surface area contributed by atoms with Gasteiger partial charge in [-0.3, -0.25) is 4.79 Å². The highest BCUT2D eigenvalue weighted by molar-refractivity contribution is 7.20. The molecule has 2 fully saturated rings. The Hall–Kier alpha value is -2.67. The van der Waals surface area contributed by atoms with Gasteiger partial charge in [0.1, 0.15) is 5.82 Å². The number of hydrogen-bond acceptors (Lipinski definition) is 6. The molecule has 0 aliphatic carbocycles. The molecular weight excluding hydrogens is 382 g/mol. The van der Waals surface area contributed by atoms with E-state index in [0.717, 1.165) is 58.6 Å². The van der Waals surface area contributed by atoms with Crippen molar-refractivity contribution in [2.75, 3.05) is 49.1 Å². The van der Waals surface area contributed by atoms with Crippen LogP contribution in [0.2, 0.25) is 0 Å². The van der Waals surface area contributed by atoms with Crippen molar-refractivity contribution in [2.24, 2.45) is 0 Å². The van der Waals surface area contributed by atoms with E-state index in [-0.39, 0.29) is 5.91 Å². The average molecular weight is 408 g/mol. The van der Waals surface area contributed by atoms with Gasteiger partial charge in [-0.15, -0.1) is 11.3 Å². The average Bonchev–Trinajstić information content (AvgIpc) is 3.43. The molecular formula is C22H25N5OS. The van der Waals surface area contributed by atoms with Crippen molar-refractivity contribution in [1.29, 1.82) is 0 Å². The smallest absolute Gasteiger partial charge is 0.264 e. The van der Waals surface area contributed by atoms with E-state index < -0.39 is 0 Å². The van der Waals surface area contributed by atoms with Crippen molar-refractivity contribution in [3.8, 4) is 0 Å². The van der Waals surface area contributed by atoms with Gasteiger partial charge in [-0.2, -0.15) is 4.98 Å². The highest BCUT2D eigenvalue weighted by Crippen LogP contribution is 2.27. The number of benzene rings is 1. The van der Waals surface area contributed by atoms with Crippen LogP contribution in [0.25, 0.3) is 10.1 Å². The molecule has 3 aromatic rings. The van der Waals surface area contributed by atoms with Crippen molar-refractivity contribution in [3.05, 3.63) is 47.0 Å². The molecule has 1 amide bonds. The SMILES string of the molecule is Cc1cc(N2CCCC2)nc(N2CCN(C(=O)c3cc4ccccc4s3)CC2)n1. The zero-order chi connectivity index (χ0) is 19.8. The minimum atomic E-state index is 0.133.